The molecular weight excluding hydrogens is 453 g/mol. The van der Waals surface area contributed by atoms with Crippen LogP contribution in [-0.2, 0) is 17.9 Å². The molecule has 0 aliphatic rings. The van der Waals surface area contributed by atoms with E-state index in [1.54, 1.807) is 15.6 Å². The number of hydrogen-bond donors (Lipinski definition) is 1. The topological polar surface area (TPSA) is 64.7 Å². The normalized spacial score (nSPS) is 10.8. The van der Waals surface area contributed by atoms with E-state index in [2.05, 4.69) is 38.1 Å². The van der Waals surface area contributed by atoms with Crippen molar-refractivity contribution >= 4 is 45.9 Å². The first-order valence-corrected chi connectivity index (χ1v) is 9.23. The van der Waals surface area contributed by atoms with Gasteiger partial charge >= 0.3 is 0 Å². The number of amides is 1. The molecule has 6 nitrogen and oxygen atoms in total. The quantitative estimate of drug-likeness (QED) is 0.560. The van der Waals surface area contributed by atoms with Crippen molar-refractivity contribution in [3.05, 3.63) is 62.6 Å². The summed E-state index contributed by atoms with van der Waals surface area (Å²) in [6, 6.07) is 9.94. The fraction of sp³-hybridized carbons (Fsp3) is 0.235. The Morgan fingerprint density at radius 3 is 2.64 bits per heavy atom. The molecule has 1 N–H and O–H groups in total. The number of benzene rings is 1. The van der Waals surface area contributed by atoms with Crippen LogP contribution in [0.3, 0.4) is 0 Å². The maximum absolute atomic E-state index is 12.1. The smallest absolute Gasteiger partial charge is 0.227 e. The second kappa shape index (κ2) is 8.01. The van der Waals surface area contributed by atoms with Crippen LogP contribution in [0.4, 0.5) is 5.82 Å². The summed E-state index contributed by atoms with van der Waals surface area (Å²) in [6.07, 6.45) is 3.94. The molecule has 0 fully saturated rings. The molecule has 25 heavy (non-hydrogen) atoms. The molecule has 3 rings (SSSR count). The second-order valence-electron chi connectivity index (χ2n) is 5.63. The van der Waals surface area contributed by atoms with E-state index in [0.29, 0.717) is 30.4 Å². The van der Waals surface area contributed by atoms with Gasteiger partial charge in [-0.15, -0.1) is 0 Å². The van der Waals surface area contributed by atoms with Crippen LogP contribution in [0.1, 0.15) is 17.7 Å². The van der Waals surface area contributed by atoms with Gasteiger partial charge in [0.25, 0.3) is 0 Å². The van der Waals surface area contributed by atoms with Crippen molar-refractivity contribution < 1.29 is 4.79 Å². The highest BCUT2D eigenvalue weighted by Crippen LogP contribution is 2.20. The summed E-state index contributed by atoms with van der Waals surface area (Å²) in [5, 5.41) is 11.9. The molecule has 1 amide bonds. The Labute approximate surface area is 164 Å². The number of nitrogens with one attached hydrogen (secondary N) is 1. The number of aryl methyl sites for hydroxylation is 2. The lowest BCUT2D eigenvalue weighted by Gasteiger charge is -2.04. The van der Waals surface area contributed by atoms with E-state index in [1.807, 2.05) is 43.5 Å². The summed E-state index contributed by atoms with van der Waals surface area (Å²) in [5.74, 6) is 0.240. The molecule has 0 atom stereocenters. The predicted octanol–water partition coefficient (Wildman–Crippen LogP) is 3.72. The van der Waals surface area contributed by atoms with Gasteiger partial charge in [0, 0.05) is 25.4 Å². The van der Waals surface area contributed by atoms with Gasteiger partial charge in [-0.2, -0.15) is 10.2 Å². The molecule has 0 radical (unpaired) electrons. The van der Waals surface area contributed by atoms with E-state index >= 15 is 0 Å². The summed E-state index contributed by atoms with van der Waals surface area (Å²) < 4.78 is 4.57. The molecule has 8 heteroatoms. The SMILES string of the molecule is Cc1nn(CCC(=O)Nc2nn(Cc3ccccc3)cc2Cl)cc1I. The Morgan fingerprint density at radius 2 is 1.96 bits per heavy atom. The molecular formula is C17H17ClIN5O. The Kier molecular flexibility index (Phi) is 5.74. The lowest BCUT2D eigenvalue weighted by Crippen LogP contribution is -2.15. The molecule has 0 aliphatic heterocycles. The Hall–Kier alpha value is -1.87. The number of aromatic nitrogens is 4. The predicted molar refractivity (Wildman–Crippen MR) is 106 cm³/mol. The molecule has 130 valence electrons. The minimum Gasteiger partial charge on any atom is -0.308 e. The van der Waals surface area contributed by atoms with Gasteiger partial charge in [-0.1, -0.05) is 41.9 Å². The number of anilines is 1. The Balaban J connectivity index is 1.57. The maximum atomic E-state index is 12.1. The molecule has 2 heterocycles. The number of nitrogens with zero attached hydrogens (tertiary/aromatic N) is 4. The van der Waals surface area contributed by atoms with Crippen LogP contribution in [0.25, 0.3) is 0 Å². The number of hydrogen-bond acceptors (Lipinski definition) is 3. The van der Waals surface area contributed by atoms with E-state index in [-0.39, 0.29) is 5.91 Å². The van der Waals surface area contributed by atoms with Crippen LogP contribution < -0.4 is 5.32 Å². The lowest BCUT2D eigenvalue weighted by molar-refractivity contribution is -0.116. The number of rotatable bonds is 6. The maximum Gasteiger partial charge on any atom is 0.227 e. The van der Waals surface area contributed by atoms with E-state index in [1.165, 1.54) is 0 Å². The molecule has 0 spiro atoms. The monoisotopic (exact) mass is 469 g/mol. The van der Waals surface area contributed by atoms with Gasteiger partial charge in [-0.05, 0) is 35.1 Å². The number of halogens is 2. The van der Waals surface area contributed by atoms with Crippen LogP contribution in [0, 0.1) is 10.5 Å². The van der Waals surface area contributed by atoms with Gasteiger partial charge in [0.2, 0.25) is 5.91 Å². The third-order valence-corrected chi connectivity index (χ3v) is 4.95. The molecule has 0 saturated heterocycles. The highest BCUT2D eigenvalue weighted by atomic mass is 127. The minimum atomic E-state index is -0.143. The average Bonchev–Trinajstić information content (AvgIpc) is 3.08. The summed E-state index contributed by atoms with van der Waals surface area (Å²) >= 11 is 8.40. The number of carbonyl (C=O) groups is 1. The third kappa shape index (κ3) is 4.82. The summed E-state index contributed by atoms with van der Waals surface area (Å²) in [6.45, 7) is 3.05. The van der Waals surface area contributed by atoms with E-state index < -0.39 is 0 Å². The van der Waals surface area contributed by atoms with Crippen molar-refractivity contribution in [2.24, 2.45) is 0 Å². The van der Waals surface area contributed by atoms with Crippen molar-refractivity contribution in [2.75, 3.05) is 5.32 Å². The highest BCUT2D eigenvalue weighted by Gasteiger charge is 2.11. The van der Waals surface area contributed by atoms with Crippen LogP contribution in [0.5, 0.6) is 0 Å². The first kappa shape index (κ1) is 17.9. The first-order chi connectivity index (χ1) is 12.0. The Morgan fingerprint density at radius 1 is 1.20 bits per heavy atom. The van der Waals surface area contributed by atoms with E-state index in [9.17, 15) is 4.79 Å². The van der Waals surface area contributed by atoms with Gasteiger partial charge in [-0.25, -0.2) is 0 Å². The fourth-order valence-corrected chi connectivity index (χ4v) is 2.98. The largest absolute Gasteiger partial charge is 0.308 e. The number of carbonyl (C=O) groups excluding carboxylic acids is 1. The highest BCUT2D eigenvalue weighted by molar-refractivity contribution is 14.1. The lowest BCUT2D eigenvalue weighted by atomic mass is 10.2. The van der Waals surface area contributed by atoms with E-state index in [4.69, 9.17) is 11.6 Å². The molecule has 1 aromatic carbocycles. The van der Waals surface area contributed by atoms with Crippen molar-refractivity contribution in [2.45, 2.75) is 26.4 Å². The molecule has 3 aromatic rings. The van der Waals surface area contributed by atoms with Gasteiger partial charge in [0.05, 0.1) is 15.8 Å². The zero-order valence-electron chi connectivity index (χ0n) is 13.6. The Bertz CT molecular complexity index is 855. The molecule has 0 bridgehead atoms. The van der Waals surface area contributed by atoms with Crippen LogP contribution in [0.2, 0.25) is 5.02 Å². The van der Waals surface area contributed by atoms with Crippen molar-refractivity contribution in [1.82, 2.24) is 19.6 Å². The van der Waals surface area contributed by atoms with Crippen molar-refractivity contribution in [3.63, 3.8) is 0 Å². The first-order valence-electron chi connectivity index (χ1n) is 7.77. The second-order valence-corrected chi connectivity index (χ2v) is 7.20. The molecule has 2 aromatic heterocycles. The van der Waals surface area contributed by atoms with Crippen LogP contribution >= 0.6 is 34.2 Å². The standard InChI is InChI=1S/C17H17ClIN5O/c1-12-15(19)11-23(21-12)8-7-16(25)20-17-14(18)10-24(22-17)9-13-5-3-2-4-6-13/h2-6,10-11H,7-9H2,1H3,(H,20,22,25). The zero-order valence-corrected chi connectivity index (χ0v) is 16.5. The molecule has 0 saturated carbocycles. The summed E-state index contributed by atoms with van der Waals surface area (Å²) in [7, 11) is 0. The van der Waals surface area contributed by atoms with Gasteiger partial charge in [0.15, 0.2) is 5.82 Å². The summed E-state index contributed by atoms with van der Waals surface area (Å²) in [4.78, 5) is 12.1. The van der Waals surface area contributed by atoms with Gasteiger partial charge < -0.3 is 5.32 Å². The summed E-state index contributed by atoms with van der Waals surface area (Å²) in [5.41, 5.74) is 2.08. The van der Waals surface area contributed by atoms with E-state index in [0.717, 1.165) is 14.8 Å². The molecule has 0 unspecified atom stereocenters. The van der Waals surface area contributed by atoms with Gasteiger partial charge in [-0.3, -0.25) is 14.2 Å². The average molecular weight is 470 g/mol. The van der Waals surface area contributed by atoms with Crippen molar-refractivity contribution in [3.8, 4) is 0 Å². The zero-order chi connectivity index (χ0) is 17.8. The fourth-order valence-electron chi connectivity index (χ4n) is 2.35. The molecule has 0 aliphatic carbocycles. The van der Waals surface area contributed by atoms with Gasteiger partial charge in [0.1, 0.15) is 5.02 Å². The third-order valence-electron chi connectivity index (χ3n) is 3.62. The van der Waals surface area contributed by atoms with Crippen LogP contribution in [-0.4, -0.2) is 25.5 Å². The van der Waals surface area contributed by atoms with Crippen LogP contribution in [0.15, 0.2) is 42.7 Å². The minimum absolute atomic E-state index is 0.143. The van der Waals surface area contributed by atoms with Crippen molar-refractivity contribution in [1.29, 1.82) is 0 Å².